The Kier molecular flexibility index (Phi) is 1.28. The summed E-state index contributed by atoms with van der Waals surface area (Å²) in [5.41, 5.74) is 3.22. The van der Waals surface area contributed by atoms with Crippen molar-refractivity contribution >= 4 is 11.9 Å². The summed E-state index contributed by atoms with van der Waals surface area (Å²) in [4.78, 5) is 21.4. The van der Waals surface area contributed by atoms with E-state index in [4.69, 9.17) is 10.8 Å². The van der Waals surface area contributed by atoms with E-state index in [1.165, 1.54) is 0 Å². The van der Waals surface area contributed by atoms with Gasteiger partial charge in [-0.15, -0.1) is 0 Å². The molecule has 1 aliphatic rings. The van der Waals surface area contributed by atoms with Crippen molar-refractivity contribution in [2.45, 2.75) is 20.3 Å². The maximum absolute atomic E-state index is 10.8. The molecule has 1 fully saturated rings. The van der Waals surface area contributed by atoms with Gasteiger partial charge in [0.25, 0.3) is 0 Å². The van der Waals surface area contributed by atoms with Crippen molar-refractivity contribution in [1.82, 2.24) is 0 Å². The van der Waals surface area contributed by atoms with Crippen LogP contribution in [-0.2, 0) is 9.59 Å². The first-order chi connectivity index (χ1) is 4.84. The van der Waals surface area contributed by atoms with Crippen LogP contribution >= 0.6 is 0 Å². The fourth-order valence-corrected chi connectivity index (χ4v) is 1.51. The highest BCUT2D eigenvalue weighted by molar-refractivity contribution is 6.05. The highest BCUT2D eigenvalue weighted by atomic mass is 16.4. The monoisotopic (exact) mass is 157 g/mol. The molecule has 3 N–H and O–H groups in total. The average Bonchev–Trinajstić information content (AvgIpc) is 2.35. The molecule has 1 atom stereocenters. The van der Waals surface area contributed by atoms with E-state index in [0.717, 1.165) is 0 Å². The Morgan fingerprint density at radius 1 is 1.45 bits per heavy atom. The lowest BCUT2D eigenvalue weighted by molar-refractivity contribution is -0.149. The van der Waals surface area contributed by atoms with Gasteiger partial charge in [0.2, 0.25) is 5.91 Å². The fraction of sp³-hybridized carbons (Fsp3) is 0.714. The van der Waals surface area contributed by atoms with E-state index in [9.17, 15) is 9.59 Å². The van der Waals surface area contributed by atoms with Crippen LogP contribution in [0.2, 0.25) is 0 Å². The quantitative estimate of drug-likeness (QED) is 0.552. The summed E-state index contributed by atoms with van der Waals surface area (Å²) in [6.45, 7) is 3.46. The van der Waals surface area contributed by atoms with E-state index in [2.05, 4.69) is 0 Å². The zero-order valence-corrected chi connectivity index (χ0v) is 6.55. The molecular formula is C7H11NO3. The number of carbonyl (C=O) groups excluding carboxylic acids is 1. The van der Waals surface area contributed by atoms with Gasteiger partial charge in [0.05, 0.1) is 0 Å². The first kappa shape index (κ1) is 8.04. The summed E-state index contributed by atoms with van der Waals surface area (Å²) in [7, 11) is 0. The predicted octanol–water partition coefficient (Wildman–Crippen LogP) is -0.0274. The summed E-state index contributed by atoms with van der Waals surface area (Å²) < 4.78 is 0. The minimum absolute atomic E-state index is 0.352. The van der Waals surface area contributed by atoms with E-state index < -0.39 is 22.7 Å². The molecule has 0 radical (unpaired) electrons. The number of aliphatic carboxylic acids is 1. The van der Waals surface area contributed by atoms with Gasteiger partial charge in [-0.3, -0.25) is 9.59 Å². The third-order valence-electron chi connectivity index (χ3n) is 2.52. The van der Waals surface area contributed by atoms with Gasteiger partial charge < -0.3 is 10.8 Å². The summed E-state index contributed by atoms with van der Waals surface area (Å²) in [5, 5.41) is 8.71. The Bertz CT molecular complexity index is 218. The molecule has 0 bridgehead atoms. The van der Waals surface area contributed by atoms with Gasteiger partial charge in [-0.1, -0.05) is 13.8 Å². The van der Waals surface area contributed by atoms with Crippen molar-refractivity contribution in [3.8, 4) is 0 Å². The Morgan fingerprint density at radius 2 is 1.82 bits per heavy atom. The van der Waals surface area contributed by atoms with Crippen LogP contribution in [0.4, 0.5) is 0 Å². The van der Waals surface area contributed by atoms with Crippen LogP contribution in [0.25, 0.3) is 0 Å². The molecule has 4 nitrogen and oxygen atoms in total. The molecule has 1 saturated carbocycles. The van der Waals surface area contributed by atoms with Crippen molar-refractivity contribution in [2.24, 2.45) is 16.6 Å². The molecule has 0 aliphatic heterocycles. The summed E-state index contributed by atoms with van der Waals surface area (Å²) in [6.07, 6.45) is 0.352. The summed E-state index contributed by atoms with van der Waals surface area (Å²) in [6, 6.07) is 0. The van der Waals surface area contributed by atoms with E-state index in [-0.39, 0.29) is 0 Å². The van der Waals surface area contributed by atoms with Crippen molar-refractivity contribution in [3.05, 3.63) is 0 Å². The molecule has 0 aromatic rings. The smallest absolute Gasteiger partial charge is 0.319 e. The van der Waals surface area contributed by atoms with Crippen molar-refractivity contribution in [3.63, 3.8) is 0 Å². The Balaban J connectivity index is 2.98. The molecule has 1 aliphatic carbocycles. The van der Waals surface area contributed by atoms with Crippen molar-refractivity contribution < 1.29 is 14.7 Å². The van der Waals surface area contributed by atoms with Crippen LogP contribution in [0, 0.1) is 10.8 Å². The minimum Gasteiger partial charge on any atom is -0.480 e. The Labute approximate surface area is 64.4 Å². The summed E-state index contributed by atoms with van der Waals surface area (Å²) >= 11 is 0. The SMILES string of the molecule is CC1(C)C[C@@]1(C(N)=O)C(=O)O. The third kappa shape index (κ3) is 0.751. The highest BCUT2D eigenvalue weighted by Gasteiger charge is 2.71. The number of hydrogen-bond acceptors (Lipinski definition) is 2. The molecule has 62 valence electrons. The molecule has 0 heterocycles. The van der Waals surface area contributed by atoms with Crippen LogP contribution in [-0.4, -0.2) is 17.0 Å². The third-order valence-corrected chi connectivity index (χ3v) is 2.52. The number of rotatable bonds is 2. The second-order valence-corrected chi connectivity index (χ2v) is 3.64. The highest BCUT2D eigenvalue weighted by Crippen LogP contribution is 2.63. The van der Waals surface area contributed by atoms with Crippen LogP contribution in [0.3, 0.4) is 0 Å². The Hall–Kier alpha value is -1.06. The predicted molar refractivity (Wildman–Crippen MR) is 37.7 cm³/mol. The fourth-order valence-electron chi connectivity index (χ4n) is 1.51. The van der Waals surface area contributed by atoms with Gasteiger partial charge in [0.1, 0.15) is 0 Å². The number of carbonyl (C=O) groups is 2. The minimum atomic E-state index is -1.30. The molecule has 0 unspecified atom stereocenters. The average molecular weight is 157 g/mol. The molecule has 0 aromatic carbocycles. The molecule has 0 spiro atoms. The molecule has 4 heteroatoms. The molecule has 1 amide bonds. The summed E-state index contributed by atoms with van der Waals surface area (Å²) in [5.74, 6) is -1.83. The standard InChI is InChI=1S/C7H11NO3/c1-6(2)3-7(6,4(8)9)5(10)11/h3H2,1-2H3,(H2,8,9)(H,10,11)/t7-/m1/s1. The van der Waals surface area contributed by atoms with Gasteiger partial charge in [0, 0.05) is 0 Å². The van der Waals surface area contributed by atoms with Crippen LogP contribution in [0.15, 0.2) is 0 Å². The van der Waals surface area contributed by atoms with Gasteiger partial charge in [0.15, 0.2) is 5.41 Å². The molecular weight excluding hydrogens is 146 g/mol. The van der Waals surface area contributed by atoms with Gasteiger partial charge >= 0.3 is 5.97 Å². The largest absolute Gasteiger partial charge is 0.480 e. The van der Waals surface area contributed by atoms with Gasteiger partial charge in [-0.05, 0) is 11.8 Å². The molecule has 1 rings (SSSR count). The lowest BCUT2D eigenvalue weighted by Crippen LogP contribution is -2.35. The molecule has 11 heavy (non-hydrogen) atoms. The van der Waals surface area contributed by atoms with E-state index >= 15 is 0 Å². The number of carboxylic acids is 1. The molecule has 0 aromatic heterocycles. The number of amides is 1. The molecule has 0 saturated heterocycles. The lowest BCUT2D eigenvalue weighted by atomic mass is 9.95. The van der Waals surface area contributed by atoms with E-state index in [0.29, 0.717) is 6.42 Å². The topological polar surface area (TPSA) is 80.4 Å². The zero-order valence-electron chi connectivity index (χ0n) is 6.55. The van der Waals surface area contributed by atoms with Crippen LogP contribution in [0.1, 0.15) is 20.3 Å². The number of nitrogens with two attached hydrogens (primary N) is 1. The first-order valence-electron chi connectivity index (χ1n) is 3.38. The number of carboxylic acid groups (broad SMARTS) is 1. The second kappa shape index (κ2) is 1.75. The normalized spacial score (nSPS) is 32.9. The van der Waals surface area contributed by atoms with Crippen molar-refractivity contribution in [1.29, 1.82) is 0 Å². The van der Waals surface area contributed by atoms with E-state index in [1.807, 2.05) is 0 Å². The van der Waals surface area contributed by atoms with Gasteiger partial charge in [-0.25, -0.2) is 0 Å². The van der Waals surface area contributed by atoms with E-state index in [1.54, 1.807) is 13.8 Å². The van der Waals surface area contributed by atoms with Crippen LogP contribution in [0.5, 0.6) is 0 Å². The Morgan fingerprint density at radius 3 is 1.82 bits per heavy atom. The second-order valence-electron chi connectivity index (χ2n) is 3.64. The van der Waals surface area contributed by atoms with Gasteiger partial charge in [-0.2, -0.15) is 0 Å². The van der Waals surface area contributed by atoms with Crippen molar-refractivity contribution in [2.75, 3.05) is 0 Å². The van der Waals surface area contributed by atoms with Crippen LogP contribution < -0.4 is 5.73 Å². The number of hydrogen-bond donors (Lipinski definition) is 2. The zero-order chi connectivity index (χ0) is 8.86. The lowest BCUT2D eigenvalue weighted by Gasteiger charge is -2.09. The number of primary amides is 1. The maximum Gasteiger partial charge on any atom is 0.319 e. The first-order valence-corrected chi connectivity index (χ1v) is 3.38. The maximum atomic E-state index is 10.8.